The van der Waals surface area contributed by atoms with Crippen molar-refractivity contribution in [3.05, 3.63) is 18.0 Å². The van der Waals surface area contributed by atoms with Crippen LogP contribution in [0.1, 0.15) is 26.0 Å². The fourth-order valence-corrected chi connectivity index (χ4v) is 1.84. The fourth-order valence-electron chi connectivity index (χ4n) is 1.84. The lowest BCUT2D eigenvalue weighted by molar-refractivity contribution is -0.141. The van der Waals surface area contributed by atoms with Crippen molar-refractivity contribution < 1.29 is 17.9 Å². The van der Waals surface area contributed by atoms with E-state index in [4.69, 9.17) is 4.74 Å². The Bertz CT molecular complexity index is 551. The molecule has 1 aromatic heterocycles. The zero-order valence-electron chi connectivity index (χ0n) is 15.4. The van der Waals surface area contributed by atoms with E-state index in [0.29, 0.717) is 38.1 Å². The van der Waals surface area contributed by atoms with Crippen molar-refractivity contribution in [3.63, 3.8) is 0 Å². The van der Waals surface area contributed by atoms with Crippen LogP contribution in [0, 0.1) is 5.92 Å². The molecule has 0 aliphatic carbocycles. The molecule has 10 heteroatoms. The Morgan fingerprint density at radius 3 is 2.58 bits per heavy atom. The molecule has 0 aliphatic heterocycles. The first-order chi connectivity index (χ1) is 12.3. The Morgan fingerprint density at radius 1 is 1.19 bits per heavy atom. The maximum absolute atomic E-state index is 12.6. The summed E-state index contributed by atoms with van der Waals surface area (Å²) in [4.78, 5) is 11.3. The van der Waals surface area contributed by atoms with E-state index in [2.05, 4.69) is 44.8 Å². The maximum Gasteiger partial charge on any atom is 0.433 e. The molecular weight excluding hydrogens is 349 g/mol. The molecule has 3 N–H and O–H groups in total. The molecule has 148 valence electrons. The Kier molecular flexibility index (Phi) is 9.71. The van der Waals surface area contributed by atoms with Crippen molar-refractivity contribution in [2.75, 3.05) is 45.2 Å². The summed E-state index contributed by atoms with van der Waals surface area (Å²) in [5.74, 6) is 1.14. The molecule has 0 atom stereocenters. The van der Waals surface area contributed by atoms with Gasteiger partial charge in [-0.1, -0.05) is 13.8 Å². The van der Waals surface area contributed by atoms with Crippen LogP contribution in [0.5, 0.6) is 0 Å². The van der Waals surface area contributed by atoms with Gasteiger partial charge in [0, 0.05) is 39.5 Å². The van der Waals surface area contributed by atoms with Gasteiger partial charge in [0.2, 0.25) is 5.95 Å². The second kappa shape index (κ2) is 11.5. The molecule has 0 aromatic carbocycles. The van der Waals surface area contributed by atoms with E-state index in [9.17, 15) is 13.2 Å². The second-order valence-corrected chi connectivity index (χ2v) is 5.91. The Balaban J connectivity index is 2.21. The van der Waals surface area contributed by atoms with E-state index in [1.165, 1.54) is 0 Å². The van der Waals surface area contributed by atoms with Gasteiger partial charge in [-0.25, -0.2) is 9.97 Å². The molecule has 0 saturated heterocycles. The van der Waals surface area contributed by atoms with Crippen LogP contribution < -0.4 is 16.0 Å². The number of aromatic nitrogens is 2. The topological polar surface area (TPSA) is 83.5 Å². The van der Waals surface area contributed by atoms with Gasteiger partial charge in [-0.05, 0) is 18.4 Å². The third-order valence-electron chi connectivity index (χ3n) is 3.25. The van der Waals surface area contributed by atoms with Crippen LogP contribution in [0.3, 0.4) is 0 Å². The monoisotopic (exact) mass is 376 g/mol. The minimum atomic E-state index is -4.49. The molecule has 0 radical (unpaired) electrons. The zero-order chi connectivity index (χ0) is 19.4. The highest BCUT2D eigenvalue weighted by Crippen LogP contribution is 2.27. The molecule has 0 unspecified atom stereocenters. The molecule has 0 aliphatic rings. The van der Waals surface area contributed by atoms with Crippen LogP contribution in [0.2, 0.25) is 0 Å². The van der Waals surface area contributed by atoms with Gasteiger partial charge >= 0.3 is 6.18 Å². The number of rotatable bonds is 10. The average Bonchev–Trinajstić information content (AvgIpc) is 2.59. The van der Waals surface area contributed by atoms with Crippen LogP contribution in [0.15, 0.2) is 17.3 Å². The van der Waals surface area contributed by atoms with Crippen LogP contribution in [0.4, 0.5) is 19.1 Å². The maximum atomic E-state index is 12.6. The fraction of sp³-hybridized carbons (Fsp3) is 0.688. The summed E-state index contributed by atoms with van der Waals surface area (Å²) >= 11 is 0. The van der Waals surface area contributed by atoms with E-state index in [1.54, 1.807) is 7.05 Å². The number of halogens is 3. The average molecular weight is 376 g/mol. The van der Waals surface area contributed by atoms with E-state index in [0.717, 1.165) is 25.3 Å². The number of nitrogens with zero attached hydrogens (tertiary/aromatic N) is 3. The van der Waals surface area contributed by atoms with E-state index < -0.39 is 11.9 Å². The molecule has 0 saturated carbocycles. The quantitative estimate of drug-likeness (QED) is 0.330. The minimum Gasteiger partial charge on any atom is -0.380 e. The predicted octanol–water partition coefficient (Wildman–Crippen LogP) is 2.13. The lowest BCUT2D eigenvalue weighted by Crippen LogP contribution is -2.41. The highest BCUT2D eigenvalue weighted by Gasteiger charge is 2.32. The van der Waals surface area contributed by atoms with E-state index in [1.807, 2.05) is 0 Å². The number of hydrogen-bond acceptors (Lipinski definition) is 5. The van der Waals surface area contributed by atoms with Crippen LogP contribution in [0.25, 0.3) is 0 Å². The largest absolute Gasteiger partial charge is 0.433 e. The molecular formula is C16H27F3N6O. The molecule has 26 heavy (non-hydrogen) atoms. The van der Waals surface area contributed by atoms with Crippen LogP contribution in [-0.4, -0.2) is 55.8 Å². The van der Waals surface area contributed by atoms with Gasteiger partial charge < -0.3 is 20.7 Å². The summed E-state index contributed by atoms with van der Waals surface area (Å²) in [5.41, 5.74) is -0.974. The van der Waals surface area contributed by atoms with Crippen molar-refractivity contribution in [2.45, 2.75) is 26.4 Å². The van der Waals surface area contributed by atoms with Gasteiger partial charge in [0.15, 0.2) is 5.96 Å². The first kappa shape index (κ1) is 21.9. The summed E-state index contributed by atoms with van der Waals surface area (Å²) in [6.45, 7) is 6.98. The summed E-state index contributed by atoms with van der Waals surface area (Å²) in [6, 6.07) is 0.832. The third-order valence-corrected chi connectivity index (χ3v) is 3.25. The van der Waals surface area contributed by atoms with Gasteiger partial charge in [0.1, 0.15) is 5.69 Å². The van der Waals surface area contributed by atoms with E-state index >= 15 is 0 Å². The summed E-state index contributed by atoms with van der Waals surface area (Å²) in [5, 5.41) is 8.87. The molecule has 1 rings (SSSR count). The van der Waals surface area contributed by atoms with Gasteiger partial charge in [-0.15, -0.1) is 0 Å². The van der Waals surface area contributed by atoms with Gasteiger partial charge in [0.05, 0.1) is 6.61 Å². The van der Waals surface area contributed by atoms with Crippen LogP contribution in [-0.2, 0) is 10.9 Å². The smallest absolute Gasteiger partial charge is 0.380 e. The Labute approximate surface area is 151 Å². The molecule has 0 amide bonds. The number of ether oxygens (including phenoxy) is 1. The third kappa shape index (κ3) is 9.40. The van der Waals surface area contributed by atoms with Gasteiger partial charge in [0.25, 0.3) is 0 Å². The minimum absolute atomic E-state index is 0.0666. The molecule has 0 bridgehead atoms. The van der Waals surface area contributed by atoms with Gasteiger partial charge in [-0.2, -0.15) is 13.2 Å². The standard InChI is InChI=1S/C16H27F3N6O/c1-12(2)5-10-26-11-9-24-14(20-3)22-7-8-23-15-21-6-4-13(25-15)16(17,18)19/h4,6,12H,5,7-11H2,1-3H3,(H2,20,22,24)(H,21,23,25). The number of aliphatic imine (C=N–C) groups is 1. The number of alkyl halides is 3. The van der Waals surface area contributed by atoms with Crippen LogP contribution >= 0.6 is 0 Å². The van der Waals surface area contributed by atoms with E-state index in [-0.39, 0.29) is 5.95 Å². The van der Waals surface area contributed by atoms with Crippen molar-refractivity contribution in [3.8, 4) is 0 Å². The first-order valence-corrected chi connectivity index (χ1v) is 8.49. The highest BCUT2D eigenvalue weighted by atomic mass is 19.4. The van der Waals surface area contributed by atoms with Crippen molar-refractivity contribution in [2.24, 2.45) is 10.9 Å². The first-order valence-electron chi connectivity index (χ1n) is 8.49. The highest BCUT2D eigenvalue weighted by molar-refractivity contribution is 5.79. The van der Waals surface area contributed by atoms with Crippen molar-refractivity contribution in [1.29, 1.82) is 0 Å². The van der Waals surface area contributed by atoms with Crippen molar-refractivity contribution >= 4 is 11.9 Å². The normalized spacial score (nSPS) is 12.3. The summed E-state index contributed by atoms with van der Waals surface area (Å²) in [6.07, 6.45) is -2.39. The number of nitrogens with one attached hydrogen (secondary N) is 3. The number of anilines is 1. The molecule has 0 fully saturated rings. The number of guanidine groups is 1. The number of hydrogen-bond donors (Lipinski definition) is 3. The SMILES string of the molecule is CN=C(NCCNc1nccc(C(F)(F)F)n1)NCCOCCC(C)C. The lowest BCUT2D eigenvalue weighted by Gasteiger charge is -2.13. The van der Waals surface area contributed by atoms with Crippen molar-refractivity contribution in [1.82, 2.24) is 20.6 Å². The van der Waals surface area contributed by atoms with Gasteiger partial charge in [-0.3, -0.25) is 4.99 Å². The second-order valence-electron chi connectivity index (χ2n) is 5.91. The summed E-state index contributed by atoms with van der Waals surface area (Å²) < 4.78 is 43.2. The molecule has 0 spiro atoms. The zero-order valence-corrected chi connectivity index (χ0v) is 15.4. The lowest BCUT2D eigenvalue weighted by atomic mass is 10.1. The summed E-state index contributed by atoms with van der Waals surface area (Å²) in [7, 11) is 1.64. The molecule has 1 heterocycles. The molecule has 1 aromatic rings. The molecule has 7 nitrogen and oxygen atoms in total. The Hall–Kier alpha value is -2.10. The Morgan fingerprint density at radius 2 is 1.92 bits per heavy atom. The predicted molar refractivity (Wildman–Crippen MR) is 95.2 cm³/mol.